The van der Waals surface area contributed by atoms with Crippen molar-refractivity contribution in [1.82, 2.24) is 10.3 Å². The third kappa shape index (κ3) is 3.28. The van der Waals surface area contributed by atoms with Crippen LogP contribution < -0.4 is 5.32 Å². The molecule has 0 aliphatic rings. The minimum atomic E-state index is -0.176. The summed E-state index contributed by atoms with van der Waals surface area (Å²) in [5.74, 6) is 0.781. The van der Waals surface area contributed by atoms with Crippen LogP contribution in [0.2, 0.25) is 5.15 Å². The highest BCUT2D eigenvalue weighted by molar-refractivity contribution is 6.34. The zero-order chi connectivity index (χ0) is 14.7. The lowest BCUT2D eigenvalue weighted by molar-refractivity contribution is 0.0940. The quantitative estimate of drug-likeness (QED) is 0.868. The number of halogens is 1. The summed E-state index contributed by atoms with van der Waals surface area (Å²) in [6, 6.07) is 9.42. The Hall–Kier alpha value is -1.61. The average Bonchev–Trinajstić information content (AvgIpc) is 2.44. The van der Waals surface area contributed by atoms with Gasteiger partial charge in [0.25, 0.3) is 5.91 Å². The molecule has 2 rings (SSSR count). The minimum Gasteiger partial charge on any atom is -0.350 e. The molecule has 2 aromatic rings. The van der Waals surface area contributed by atoms with Gasteiger partial charge in [0, 0.05) is 11.9 Å². The molecule has 0 radical (unpaired) electrons. The largest absolute Gasteiger partial charge is 0.350 e. The number of benzene rings is 1. The molecule has 0 spiro atoms. The van der Waals surface area contributed by atoms with Crippen molar-refractivity contribution in [1.29, 1.82) is 0 Å². The van der Waals surface area contributed by atoms with E-state index in [0.29, 0.717) is 29.2 Å². The zero-order valence-corrected chi connectivity index (χ0v) is 12.7. The Morgan fingerprint density at radius 3 is 2.70 bits per heavy atom. The molecule has 1 heterocycles. The fourth-order valence-corrected chi connectivity index (χ4v) is 2.12. The van der Waals surface area contributed by atoms with E-state index < -0.39 is 0 Å². The molecule has 3 nitrogen and oxygen atoms in total. The molecule has 0 bridgehead atoms. The number of carbonyl (C=O) groups is 1. The summed E-state index contributed by atoms with van der Waals surface area (Å²) in [6.45, 7) is 7.04. The number of nitrogens with one attached hydrogen (secondary N) is 1. The monoisotopic (exact) mass is 290 g/mol. The fourth-order valence-electron chi connectivity index (χ4n) is 1.85. The molecular formula is C16H19ClN2O. The van der Waals surface area contributed by atoms with Crippen LogP contribution in [0.15, 0.2) is 30.3 Å². The second-order valence-electron chi connectivity index (χ2n) is 5.45. The van der Waals surface area contributed by atoms with Crippen molar-refractivity contribution >= 4 is 28.3 Å². The van der Waals surface area contributed by atoms with Crippen molar-refractivity contribution in [2.24, 2.45) is 11.8 Å². The van der Waals surface area contributed by atoms with Crippen molar-refractivity contribution in [3.8, 4) is 0 Å². The van der Waals surface area contributed by atoms with Gasteiger partial charge in [-0.1, -0.05) is 56.6 Å². The van der Waals surface area contributed by atoms with Crippen LogP contribution in [-0.4, -0.2) is 17.4 Å². The molecule has 106 valence electrons. The van der Waals surface area contributed by atoms with Gasteiger partial charge < -0.3 is 5.32 Å². The number of carbonyl (C=O) groups excluding carboxylic acids is 1. The lowest BCUT2D eigenvalue weighted by Gasteiger charge is -2.16. The second-order valence-corrected chi connectivity index (χ2v) is 5.81. The third-order valence-electron chi connectivity index (χ3n) is 3.65. The fraction of sp³-hybridized carbons (Fsp3) is 0.375. The molecule has 1 N–H and O–H groups in total. The summed E-state index contributed by atoms with van der Waals surface area (Å²) in [5.41, 5.74) is 0.365. The Labute approximate surface area is 124 Å². The molecular weight excluding hydrogens is 272 g/mol. The zero-order valence-electron chi connectivity index (χ0n) is 12.0. The number of nitrogens with zero attached hydrogens (tertiary/aromatic N) is 1. The Morgan fingerprint density at radius 1 is 1.30 bits per heavy atom. The molecule has 1 aromatic carbocycles. The first-order valence-electron chi connectivity index (χ1n) is 6.82. The number of fused-ring (bicyclic) bond motifs is 1. The van der Waals surface area contributed by atoms with Crippen LogP contribution >= 0.6 is 11.6 Å². The van der Waals surface area contributed by atoms with E-state index in [1.54, 1.807) is 6.07 Å². The van der Waals surface area contributed by atoms with Crippen LogP contribution in [0, 0.1) is 11.8 Å². The van der Waals surface area contributed by atoms with Crippen molar-refractivity contribution in [2.45, 2.75) is 20.8 Å². The minimum absolute atomic E-state index is 0.176. The van der Waals surface area contributed by atoms with E-state index in [2.05, 4.69) is 31.1 Å². The van der Waals surface area contributed by atoms with E-state index in [0.717, 1.165) is 10.8 Å². The predicted molar refractivity (Wildman–Crippen MR) is 83.1 cm³/mol. The normalized spacial score (nSPS) is 12.7. The summed E-state index contributed by atoms with van der Waals surface area (Å²) < 4.78 is 0. The van der Waals surface area contributed by atoms with E-state index in [9.17, 15) is 4.79 Å². The number of hydrogen-bond acceptors (Lipinski definition) is 2. The highest BCUT2D eigenvalue weighted by Gasteiger charge is 2.13. The molecule has 0 aliphatic carbocycles. The third-order valence-corrected chi connectivity index (χ3v) is 3.94. The van der Waals surface area contributed by atoms with E-state index in [1.807, 2.05) is 24.3 Å². The summed E-state index contributed by atoms with van der Waals surface area (Å²) in [7, 11) is 0. The first-order valence-corrected chi connectivity index (χ1v) is 7.20. The average molecular weight is 291 g/mol. The van der Waals surface area contributed by atoms with E-state index >= 15 is 0 Å². The Morgan fingerprint density at radius 2 is 2.00 bits per heavy atom. The lowest BCUT2D eigenvalue weighted by Crippen LogP contribution is -2.30. The maximum Gasteiger partial charge on any atom is 0.269 e. The smallest absolute Gasteiger partial charge is 0.269 e. The SMILES string of the molecule is CC(C)C(C)CNC(=O)c1cc2ccccc2c(Cl)n1. The molecule has 0 aliphatic heterocycles. The van der Waals surface area contributed by atoms with Crippen LogP contribution in [0.4, 0.5) is 0 Å². The van der Waals surface area contributed by atoms with Gasteiger partial charge in [-0.15, -0.1) is 0 Å². The van der Waals surface area contributed by atoms with Crippen molar-refractivity contribution in [2.75, 3.05) is 6.54 Å². The second kappa shape index (κ2) is 6.23. The summed E-state index contributed by atoms with van der Waals surface area (Å²) in [5, 5.41) is 5.07. The molecule has 1 aromatic heterocycles. The van der Waals surface area contributed by atoms with Gasteiger partial charge in [-0.05, 0) is 23.3 Å². The van der Waals surface area contributed by atoms with E-state index in [4.69, 9.17) is 11.6 Å². The summed E-state index contributed by atoms with van der Waals surface area (Å²) >= 11 is 6.13. The maximum absolute atomic E-state index is 12.1. The van der Waals surface area contributed by atoms with Crippen molar-refractivity contribution in [3.05, 3.63) is 41.2 Å². The Bertz CT molecular complexity index is 625. The summed E-state index contributed by atoms with van der Waals surface area (Å²) in [4.78, 5) is 16.3. The number of pyridine rings is 1. The van der Waals surface area contributed by atoms with Gasteiger partial charge in [-0.2, -0.15) is 0 Å². The molecule has 4 heteroatoms. The molecule has 0 fully saturated rings. The molecule has 1 atom stereocenters. The predicted octanol–water partition coefficient (Wildman–Crippen LogP) is 3.91. The van der Waals surface area contributed by atoms with Crippen LogP contribution in [-0.2, 0) is 0 Å². The van der Waals surface area contributed by atoms with Crippen LogP contribution in [0.1, 0.15) is 31.3 Å². The van der Waals surface area contributed by atoms with E-state index in [1.165, 1.54) is 0 Å². The van der Waals surface area contributed by atoms with Gasteiger partial charge in [0.2, 0.25) is 0 Å². The van der Waals surface area contributed by atoms with Gasteiger partial charge >= 0.3 is 0 Å². The van der Waals surface area contributed by atoms with Crippen molar-refractivity contribution in [3.63, 3.8) is 0 Å². The topological polar surface area (TPSA) is 42.0 Å². The standard InChI is InChI=1S/C16H19ClN2O/c1-10(2)11(3)9-18-16(20)14-8-12-6-4-5-7-13(12)15(17)19-14/h4-8,10-11H,9H2,1-3H3,(H,18,20). The molecule has 1 unspecified atom stereocenters. The molecule has 0 saturated heterocycles. The number of hydrogen-bond donors (Lipinski definition) is 1. The number of rotatable bonds is 4. The summed E-state index contributed by atoms with van der Waals surface area (Å²) in [6.07, 6.45) is 0. The lowest BCUT2D eigenvalue weighted by atomic mass is 9.98. The van der Waals surface area contributed by atoms with Gasteiger partial charge in [-0.3, -0.25) is 4.79 Å². The van der Waals surface area contributed by atoms with Gasteiger partial charge in [-0.25, -0.2) is 4.98 Å². The highest BCUT2D eigenvalue weighted by Crippen LogP contribution is 2.22. The number of amides is 1. The first-order chi connectivity index (χ1) is 9.49. The van der Waals surface area contributed by atoms with Gasteiger partial charge in [0.1, 0.15) is 10.8 Å². The molecule has 20 heavy (non-hydrogen) atoms. The highest BCUT2D eigenvalue weighted by atomic mass is 35.5. The Kier molecular flexibility index (Phi) is 4.61. The maximum atomic E-state index is 12.1. The first kappa shape index (κ1) is 14.8. The van der Waals surface area contributed by atoms with E-state index in [-0.39, 0.29) is 5.91 Å². The van der Waals surface area contributed by atoms with Gasteiger partial charge in [0.05, 0.1) is 0 Å². The Balaban J connectivity index is 2.18. The van der Waals surface area contributed by atoms with Crippen molar-refractivity contribution < 1.29 is 4.79 Å². The van der Waals surface area contributed by atoms with Crippen LogP contribution in [0.3, 0.4) is 0 Å². The van der Waals surface area contributed by atoms with Crippen LogP contribution in [0.25, 0.3) is 10.8 Å². The molecule has 0 saturated carbocycles. The van der Waals surface area contributed by atoms with Crippen LogP contribution in [0.5, 0.6) is 0 Å². The van der Waals surface area contributed by atoms with Gasteiger partial charge in [0.15, 0.2) is 0 Å². The number of aromatic nitrogens is 1. The molecule has 1 amide bonds.